The van der Waals surface area contributed by atoms with Crippen LogP contribution in [0.1, 0.15) is 37.7 Å². The molecule has 28 heavy (non-hydrogen) atoms. The third-order valence-electron chi connectivity index (χ3n) is 6.39. The molecule has 1 aromatic carbocycles. The van der Waals surface area contributed by atoms with E-state index in [9.17, 15) is 4.79 Å². The maximum Gasteiger partial charge on any atom is 0.317 e. The maximum absolute atomic E-state index is 11.8. The van der Waals surface area contributed by atoms with Crippen LogP contribution in [-0.4, -0.2) is 68.7 Å². The minimum Gasteiger partial charge on any atom is -0.369 e. The smallest absolute Gasteiger partial charge is 0.317 e. The molecule has 0 atom stereocenters. The normalized spacial score (nSPS) is 23.5. The van der Waals surface area contributed by atoms with Crippen LogP contribution in [0.5, 0.6) is 0 Å². The molecule has 5 nitrogen and oxygen atoms in total. The van der Waals surface area contributed by atoms with E-state index in [4.69, 9.17) is 11.6 Å². The summed E-state index contributed by atoms with van der Waals surface area (Å²) in [6.07, 6.45) is 5.99. The van der Waals surface area contributed by atoms with Crippen molar-refractivity contribution in [3.8, 4) is 0 Å². The Hall–Kier alpha value is -1.46. The molecule has 1 aliphatic heterocycles. The van der Waals surface area contributed by atoms with Gasteiger partial charge in [0.05, 0.1) is 0 Å². The lowest BCUT2D eigenvalue weighted by atomic mass is 9.84. The minimum atomic E-state index is 0.0382. The lowest BCUT2D eigenvalue weighted by molar-refractivity contribution is 0.194. The second kappa shape index (κ2) is 9.84. The molecular formula is C22H35ClN4O. The summed E-state index contributed by atoms with van der Waals surface area (Å²) < 4.78 is 0. The van der Waals surface area contributed by atoms with Gasteiger partial charge in [0.15, 0.2) is 0 Å². The molecule has 2 amide bonds. The van der Waals surface area contributed by atoms with Gasteiger partial charge in [-0.15, -0.1) is 0 Å². The highest BCUT2D eigenvalue weighted by molar-refractivity contribution is 6.31. The Balaban J connectivity index is 1.36. The van der Waals surface area contributed by atoms with Crippen molar-refractivity contribution in [1.82, 2.24) is 15.1 Å². The van der Waals surface area contributed by atoms with Crippen molar-refractivity contribution in [2.75, 3.05) is 51.7 Å². The Morgan fingerprint density at radius 1 is 1.14 bits per heavy atom. The zero-order valence-electron chi connectivity index (χ0n) is 17.6. The first-order valence-electron chi connectivity index (χ1n) is 10.6. The summed E-state index contributed by atoms with van der Waals surface area (Å²) in [5, 5.41) is 3.99. The number of anilines is 1. The van der Waals surface area contributed by atoms with Crippen molar-refractivity contribution in [2.24, 2.45) is 5.92 Å². The number of carbonyl (C=O) groups excluding carboxylic acids is 1. The number of rotatable bonds is 5. The van der Waals surface area contributed by atoms with E-state index in [1.807, 2.05) is 12.1 Å². The number of amides is 2. The van der Waals surface area contributed by atoms with Crippen LogP contribution >= 0.6 is 11.6 Å². The van der Waals surface area contributed by atoms with Gasteiger partial charge in [0, 0.05) is 57.0 Å². The number of benzene rings is 1. The summed E-state index contributed by atoms with van der Waals surface area (Å²) >= 11 is 6.29. The molecule has 1 N–H and O–H groups in total. The van der Waals surface area contributed by atoms with Crippen LogP contribution < -0.4 is 10.2 Å². The molecule has 1 aliphatic carbocycles. The van der Waals surface area contributed by atoms with Gasteiger partial charge < -0.3 is 15.1 Å². The van der Waals surface area contributed by atoms with E-state index in [-0.39, 0.29) is 6.03 Å². The van der Waals surface area contributed by atoms with E-state index >= 15 is 0 Å². The van der Waals surface area contributed by atoms with E-state index in [1.54, 1.807) is 19.0 Å². The van der Waals surface area contributed by atoms with Crippen LogP contribution in [0.2, 0.25) is 5.02 Å². The molecule has 0 spiro atoms. The molecule has 3 rings (SSSR count). The maximum atomic E-state index is 11.8. The first-order valence-corrected chi connectivity index (χ1v) is 11.0. The summed E-state index contributed by atoms with van der Waals surface area (Å²) in [7, 11) is 3.60. The third-order valence-corrected chi connectivity index (χ3v) is 6.80. The number of nitrogens with zero attached hydrogens (tertiary/aromatic N) is 3. The lowest BCUT2D eigenvalue weighted by Crippen LogP contribution is -2.47. The monoisotopic (exact) mass is 406 g/mol. The summed E-state index contributed by atoms with van der Waals surface area (Å²) in [4.78, 5) is 18.5. The topological polar surface area (TPSA) is 38.8 Å². The van der Waals surface area contributed by atoms with E-state index < -0.39 is 0 Å². The van der Waals surface area contributed by atoms with Crippen LogP contribution in [0.4, 0.5) is 10.5 Å². The Kier molecular flexibility index (Phi) is 7.47. The van der Waals surface area contributed by atoms with Crippen molar-refractivity contribution < 1.29 is 4.79 Å². The quantitative estimate of drug-likeness (QED) is 0.803. The highest BCUT2D eigenvalue weighted by Gasteiger charge is 2.24. The van der Waals surface area contributed by atoms with Crippen LogP contribution in [0, 0.1) is 12.8 Å². The first-order chi connectivity index (χ1) is 13.4. The third kappa shape index (κ3) is 5.54. The second-order valence-corrected chi connectivity index (χ2v) is 8.97. The molecule has 1 aromatic rings. The molecule has 0 aromatic heterocycles. The number of hydrogen-bond donors (Lipinski definition) is 1. The zero-order valence-corrected chi connectivity index (χ0v) is 18.3. The van der Waals surface area contributed by atoms with Gasteiger partial charge >= 0.3 is 6.03 Å². The van der Waals surface area contributed by atoms with Gasteiger partial charge in [-0.25, -0.2) is 4.79 Å². The summed E-state index contributed by atoms with van der Waals surface area (Å²) in [5.41, 5.74) is 2.47. The average molecular weight is 407 g/mol. The standard InChI is InChI=1S/C22H35ClN4O/c1-17-20(23)5-4-6-21(17)27-15-13-26(14-16-27)12-11-18-7-9-19(10-8-18)24-22(28)25(2)3/h4-6,18-19H,7-16H2,1-3H3,(H,24,28)/t18-,19-. The van der Waals surface area contributed by atoms with Gasteiger partial charge in [0.25, 0.3) is 0 Å². The van der Waals surface area contributed by atoms with Crippen molar-refractivity contribution in [3.63, 3.8) is 0 Å². The number of piperazine rings is 1. The average Bonchev–Trinajstić information content (AvgIpc) is 2.70. The Morgan fingerprint density at radius 3 is 2.46 bits per heavy atom. The Morgan fingerprint density at radius 2 is 1.82 bits per heavy atom. The van der Waals surface area contributed by atoms with E-state index in [0.29, 0.717) is 6.04 Å². The van der Waals surface area contributed by atoms with Gasteiger partial charge in [-0.3, -0.25) is 4.90 Å². The molecule has 0 bridgehead atoms. The predicted molar refractivity (Wildman–Crippen MR) is 117 cm³/mol. The fraction of sp³-hybridized carbons (Fsp3) is 0.682. The molecule has 156 valence electrons. The predicted octanol–water partition coefficient (Wildman–Crippen LogP) is 3.99. The molecule has 1 saturated carbocycles. The van der Waals surface area contributed by atoms with Gasteiger partial charge in [-0.2, -0.15) is 0 Å². The van der Waals surface area contributed by atoms with Gasteiger partial charge in [0.1, 0.15) is 0 Å². The van der Waals surface area contributed by atoms with E-state index in [0.717, 1.165) is 50.0 Å². The van der Waals surface area contributed by atoms with Crippen LogP contribution in [0.3, 0.4) is 0 Å². The first kappa shape index (κ1) is 21.3. The Labute approximate surface area is 175 Å². The SMILES string of the molecule is Cc1c(Cl)cccc1N1CCN(CC[C@H]2CC[C@H](NC(=O)N(C)C)CC2)CC1. The fourth-order valence-electron chi connectivity index (χ4n) is 4.42. The second-order valence-electron chi connectivity index (χ2n) is 8.56. The zero-order chi connectivity index (χ0) is 20.1. The number of urea groups is 1. The number of hydrogen-bond acceptors (Lipinski definition) is 3. The van der Waals surface area contributed by atoms with E-state index in [1.165, 1.54) is 37.1 Å². The minimum absolute atomic E-state index is 0.0382. The van der Waals surface area contributed by atoms with Gasteiger partial charge in [0.2, 0.25) is 0 Å². The van der Waals surface area contributed by atoms with Crippen molar-refractivity contribution in [1.29, 1.82) is 0 Å². The molecule has 2 fully saturated rings. The number of carbonyl (C=O) groups is 1. The fourth-order valence-corrected chi connectivity index (χ4v) is 4.58. The van der Waals surface area contributed by atoms with Crippen molar-refractivity contribution in [2.45, 2.75) is 45.1 Å². The highest BCUT2D eigenvalue weighted by atomic mass is 35.5. The van der Waals surface area contributed by atoms with Gasteiger partial charge in [-0.1, -0.05) is 17.7 Å². The van der Waals surface area contributed by atoms with Crippen LogP contribution in [-0.2, 0) is 0 Å². The van der Waals surface area contributed by atoms with Crippen molar-refractivity contribution in [3.05, 3.63) is 28.8 Å². The molecule has 2 aliphatic rings. The molecular weight excluding hydrogens is 372 g/mol. The summed E-state index contributed by atoms with van der Waals surface area (Å²) in [6, 6.07) is 6.60. The number of nitrogens with one attached hydrogen (secondary N) is 1. The molecule has 1 heterocycles. The summed E-state index contributed by atoms with van der Waals surface area (Å²) in [5.74, 6) is 0.806. The van der Waals surface area contributed by atoms with Gasteiger partial charge in [-0.05, 0) is 69.2 Å². The van der Waals surface area contributed by atoms with Crippen molar-refractivity contribution >= 4 is 23.3 Å². The summed E-state index contributed by atoms with van der Waals surface area (Å²) in [6.45, 7) is 7.71. The Bertz CT molecular complexity index is 650. The molecule has 0 unspecified atom stereocenters. The van der Waals surface area contributed by atoms with Crippen LogP contribution in [0.15, 0.2) is 18.2 Å². The van der Waals surface area contributed by atoms with E-state index in [2.05, 4.69) is 28.1 Å². The molecule has 0 radical (unpaired) electrons. The lowest BCUT2D eigenvalue weighted by Gasteiger charge is -2.38. The highest BCUT2D eigenvalue weighted by Crippen LogP contribution is 2.29. The molecule has 1 saturated heterocycles. The van der Waals surface area contributed by atoms with Crippen LogP contribution in [0.25, 0.3) is 0 Å². The number of halogens is 1. The molecule has 6 heteroatoms. The largest absolute Gasteiger partial charge is 0.369 e.